The van der Waals surface area contributed by atoms with Crippen molar-refractivity contribution in [2.75, 3.05) is 20.6 Å². The van der Waals surface area contributed by atoms with Crippen LogP contribution in [0.4, 0.5) is 0 Å². The van der Waals surface area contributed by atoms with Crippen LogP contribution in [0.15, 0.2) is 28.7 Å². The SMILES string of the molecule is CCCCC(CN)NC(=O)c1oc2ccccc2c1CN(C)C. The molecule has 1 aromatic heterocycles. The maximum absolute atomic E-state index is 12.7. The number of nitrogens with zero attached hydrogens (tertiary/aromatic N) is 1. The van der Waals surface area contributed by atoms with Gasteiger partial charge in [-0.05, 0) is 26.6 Å². The van der Waals surface area contributed by atoms with Crippen molar-refractivity contribution in [3.63, 3.8) is 0 Å². The molecule has 0 aliphatic carbocycles. The maximum atomic E-state index is 12.7. The number of carbonyl (C=O) groups excluding carboxylic acids is 1. The van der Waals surface area contributed by atoms with Gasteiger partial charge < -0.3 is 20.4 Å². The van der Waals surface area contributed by atoms with E-state index in [1.807, 2.05) is 43.3 Å². The largest absolute Gasteiger partial charge is 0.451 e. The summed E-state index contributed by atoms with van der Waals surface area (Å²) in [6.45, 7) is 3.22. The molecular formula is C18H27N3O2. The number of hydrogen-bond acceptors (Lipinski definition) is 4. The molecule has 0 spiro atoms. The Hall–Kier alpha value is -1.85. The number of benzene rings is 1. The Morgan fingerprint density at radius 3 is 2.74 bits per heavy atom. The van der Waals surface area contributed by atoms with E-state index in [0.29, 0.717) is 18.8 Å². The van der Waals surface area contributed by atoms with Gasteiger partial charge in [0.15, 0.2) is 5.76 Å². The highest BCUT2D eigenvalue weighted by atomic mass is 16.3. The Kier molecular flexibility index (Phi) is 6.19. The number of hydrogen-bond donors (Lipinski definition) is 2. The first kappa shape index (κ1) is 17.5. The maximum Gasteiger partial charge on any atom is 0.287 e. The minimum Gasteiger partial charge on any atom is -0.451 e. The summed E-state index contributed by atoms with van der Waals surface area (Å²) in [6.07, 6.45) is 3.03. The highest BCUT2D eigenvalue weighted by Gasteiger charge is 2.22. The summed E-state index contributed by atoms with van der Waals surface area (Å²) < 4.78 is 5.83. The lowest BCUT2D eigenvalue weighted by atomic mass is 10.1. The molecule has 23 heavy (non-hydrogen) atoms. The highest BCUT2D eigenvalue weighted by molar-refractivity contribution is 5.99. The van der Waals surface area contributed by atoms with E-state index in [4.69, 9.17) is 10.2 Å². The fourth-order valence-electron chi connectivity index (χ4n) is 2.71. The number of nitrogens with two attached hydrogens (primary N) is 1. The van der Waals surface area contributed by atoms with Gasteiger partial charge in [0.2, 0.25) is 0 Å². The van der Waals surface area contributed by atoms with Gasteiger partial charge >= 0.3 is 0 Å². The standard InChI is InChI=1S/C18H27N3O2/c1-4-5-8-13(11-19)20-18(22)17-15(12-21(2)3)14-9-6-7-10-16(14)23-17/h6-7,9-10,13H,4-5,8,11-12,19H2,1-3H3,(H,20,22). The van der Waals surface area contributed by atoms with Crippen LogP contribution in [-0.4, -0.2) is 37.5 Å². The molecule has 2 rings (SSSR count). The van der Waals surface area contributed by atoms with Crippen LogP contribution in [0, 0.1) is 0 Å². The molecule has 1 heterocycles. The average Bonchev–Trinajstić information content (AvgIpc) is 2.89. The summed E-state index contributed by atoms with van der Waals surface area (Å²) >= 11 is 0. The van der Waals surface area contributed by atoms with Gasteiger partial charge in [0, 0.05) is 30.1 Å². The molecule has 1 aromatic carbocycles. The van der Waals surface area contributed by atoms with Crippen molar-refractivity contribution in [2.45, 2.75) is 38.8 Å². The third-order valence-corrected chi connectivity index (χ3v) is 3.90. The van der Waals surface area contributed by atoms with Crippen LogP contribution in [0.25, 0.3) is 11.0 Å². The third-order valence-electron chi connectivity index (χ3n) is 3.90. The zero-order valence-electron chi connectivity index (χ0n) is 14.3. The van der Waals surface area contributed by atoms with E-state index in [-0.39, 0.29) is 11.9 Å². The molecule has 5 nitrogen and oxygen atoms in total. The predicted octanol–water partition coefficient (Wildman–Crippen LogP) is 2.74. The summed E-state index contributed by atoms with van der Waals surface area (Å²) in [5.41, 5.74) is 7.45. The molecular weight excluding hydrogens is 290 g/mol. The van der Waals surface area contributed by atoms with Crippen molar-refractivity contribution in [3.8, 4) is 0 Å². The first-order chi connectivity index (χ1) is 11.1. The average molecular weight is 317 g/mol. The van der Waals surface area contributed by atoms with Gasteiger partial charge in [0.25, 0.3) is 5.91 Å². The van der Waals surface area contributed by atoms with E-state index in [1.54, 1.807) is 0 Å². The normalized spacial score (nSPS) is 12.7. The second-order valence-corrected chi connectivity index (χ2v) is 6.19. The van der Waals surface area contributed by atoms with E-state index in [9.17, 15) is 4.79 Å². The summed E-state index contributed by atoms with van der Waals surface area (Å²) in [5.74, 6) is 0.222. The number of para-hydroxylation sites is 1. The highest BCUT2D eigenvalue weighted by Crippen LogP contribution is 2.27. The second kappa shape index (κ2) is 8.13. The van der Waals surface area contributed by atoms with Crippen molar-refractivity contribution in [1.29, 1.82) is 0 Å². The minimum absolute atomic E-state index is 0.0112. The first-order valence-electron chi connectivity index (χ1n) is 8.22. The number of fused-ring (bicyclic) bond motifs is 1. The molecule has 1 unspecified atom stereocenters. The molecule has 2 aromatic rings. The van der Waals surface area contributed by atoms with Gasteiger partial charge in [-0.3, -0.25) is 4.79 Å². The Morgan fingerprint density at radius 2 is 2.09 bits per heavy atom. The van der Waals surface area contributed by atoms with E-state index in [1.165, 1.54) is 0 Å². The Labute approximate surface area is 137 Å². The molecule has 0 saturated heterocycles. The van der Waals surface area contributed by atoms with Gasteiger partial charge in [0.05, 0.1) is 0 Å². The molecule has 0 radical (unpaired) electrons. The lowest BCUT2D eigenvalue weighted by Gasteiger charge is -2.16. The lowest BCUT2D eigenvalue weighted by molar-refractivity contribution is 0.0907. The van der Waals surface area contributed by atoms with Crippen LogP contribution < -0.4 is 11.1 Å². The number of nitrogens with one attached hydrogen (secondary N) is 1. The van der Waals surface area contributed by atoms with Crippen LogP contribution in [0.3, 0.4) is 0 Å². The van der Waals surface area contributed by atoms with E-state index in [2.05, 4.69) is 12.2 Å². The van der Waals surface area contributed by atoms with Gasteiger partial charge in [-0.1, -0.05) is 38.0 Å². The van der Waals surface area contributed by atoms with Gasteiger partial charge in [-0.15, -0.1) is 0 Å². The second-order valence-electron chi connectivity index (χ2n) is 6.19. The van der Waals surface area contributed by atoms with Crippen LogP contribution in [0.2, 0.25) is 0 Å². The summed E-state index contributed by atoms with van der Waals surface area (Å²) in [6, 6.07) is 7.75. The Balaban J connectivity index is 2.28. The molecule has 3 N–H and O–H groups in total. The van der Waals surface area contributed by atoms with Gasteiger partial charge in [0.1, 0.15) is 5.58 Å². The zero-order valence-corrected chi connectivity index (χ0v) is 14.3. The first-order valence-corrected chi connectivity index (χ1v) is 8.22. The van der Waals surface area contributed by atoms with Crippen molar-refractivity contribution in [1.82, 2.24) is 10.2 Å². The number of furan rings is 1. The van der Waals surface area contributed by atoms with Crippen molar-refractivity contribution < 1.29 is 9.21 Å². The molecule has 0 saturated carbocycles. The van der Waals surface area contributed by atoms with Crippen molar-refractivity contribution in [2.24, 2.45) is 5.73 Å². The molecule has 1 atom stereocenters. The third kappa shape index (κ3) is 4.33. The number of unbranched alkanes of at least 4 members (excludes halogenated alkanes) is 1. The van der Waals surface area contributed by atoms with Crippen LogP contribution >= 0.6 is 0 Å². The van der Waals surface area contributed by atoms with Crippen molar-refractivity contribution in [3.05, 3.63) is 35.6 Å². The lowest BCUT2D eigenvalue weighted by Crippen LogP contribution is -2.40. The fraction of sp³-hybridized carbons (Fsp3) is 0.500. The van der Waals surface area contributed by atoms with Crippen LogP contribution in [0.1, 0.15) is 42.3 Å². The minimum atomic E-state index is -0.176. The zero-order chi connectivity index (χ0) is 16.8. The smallest absolute Gasteiger partial charge is 0.287 e. The quantitative estimate of drug-likeness (QED) is 0.785. The van der Waals surface area contributed by atoms with Crippen molar-refractivity contribution >= 4 is 16.9 Å². The molecule has 5 heteroatoms. The van der Waals surface area contributed by atoms with Gasteiger partial charge in [-0.2, -0.15) is 0 Å². The summed E-state index contributed by atoms with van der Waals surface area (Å²) in [7, 11) is 3.96. The number of carbonyl (C=O) groups is 1. The predicted molar refractivity (Wildman–Crippen MR) is 93.4 cm³/mol. The Bertz CT molecular complexity index is 649. The van der Waals surface area contributed by atoms with Gasteiger partial charge in [-0.25, -0.2) is 0 Å². The van der Waals surface area contributed by atoms with E-state index in [0.717, 1.165) is 35.8 Å². The monoisotopic (exact) mass is 317 g/mol. The topological polar surface area (TPSA) is 71.5 Å². The number of rotatable bonds is 8. The summed E-state index contributed by atoms with van der Waals surface area (Å²) in [4.78, 5) is 14.7. The molecule has 0 aliphatic rings. The van der Waals surface area contributed by atoms with Crippen LogP contribution in [0.5, 0.6) is 0 Å². The molecule has 0 fully saturated rings. The molecule has 0 bridgehead atoms. The fourth-order valence-corrected chi connectivity index (χ4v) is 2.71. The summed E-state index contributed by atoms with van der Waals surface area (Å²) in [5, 5.41) is 4.01. The van der Waals surface area contributed by atoms with E-state index < -0.39 is 0 Å². The van der Waals surface area contributed by atoms with Crippen LogP contribution in [-0.2, 0) is 6.54 Å². The molecule has 0 aliphatic heterocycles. The number of amides is 1. The van der Waals surface area contributed by atoms with E-state index >= 15 is 0 Å². The molecule has 1 amide bonds. The Morgan fingerprint density at radius 1 is 1.35 bits per heavy atom. The molecule has 126 valence electrons.